The summed E-state index contributed by atoms with van der Waals surface area (Å²) in [6, 6.07) is 32.7. The minimum absolute atomic E-state index is 0.131. The van der Waals surface area contributed by atoms with Crippen molar-refractivity contribution in [3.8, 4) is 0 Å². The summed E-state index contributed by atoms with van der Waals surface area (Å²) in [6.45, 7) is 4.19. The first-order valence-electron chi connectivity index (χ1n) is 13.9. The summed E-state index contributed by atoms with van der Waals surface area (Å²) in [5.41, 5.74) is 3.15. The number of aromatic nitrogens is 1. The lowest BCUT2D eigenvalue weighted by atomic mass is 9.76. The fraction of sp³-hybridized carbons (Fsp3) is 0.235. The molecule has 1 fully saturated rings. The number of nitrogens with one attached hydrogen (secondary N) is 2. The topological polar surface area (TPSA) is 100 Å². The average Bonchev–Trinajstić information content (AvgIpc) is 3.83. The molecule has 2 N–H and O–H groups in total. The van der Waals surface area contributed by atoms with Crippen LogP contribution in [0.15, 0.2) is 109 Å². The van der Waals surface area contributed by atoms with Crippen molar-refractivity contribution in [2.45, 2.75) is 31.5 Å². The lowest BCUT2D eigenvalue weighted by Crippen LogP contribution is -2.45. The Morgan fingerprint density at radius 3 is 1.79 bits per heavy atom. The molecule has 1 aromatic heterocycles. The van der Waals surface area contributed by atoms with Gasteiger partial charge in [0.15, 0.2) is 0 Å². The zero-order chi connectivity index (χ0) is 29.7. The van der Waals surface area contributed by atoms with Crippen LogP contribution in [0.3, 0.4) is 0 Å². The summed E-state index contributed by atoms with van der Waals surface area (Å²) < 4.78 is 4.79. The summed E-state index contributed by atoms with van der Waals surface area (Å²) >= 11 is 0. The molecule has 8 nitrogen and oxygen atoms in total. The highest BCUT2D eigenvalue weighted by atomic mass is 16.5. The van der Waals surface area contributed by atoms with Gasteiger partial charge in [0.2, 0.25) is 5.91 Å². The van der Waals surface area contributed by atoms with Gasteiger partial charge >= 0.3 is 5.97 Å². The molecule has 0 saturated carbocycles. The SMILES string of the molecule is COC(=O)[C@@H](NC(=O)c1ccc(NC(=O)C2CN2C(c2ccccc2)(c2ccccc2)c2ccccc2)cn1)C(C)C. The van der Waals surface area contributed by atoms with E-state index in [1.165, 1.54) is 19.4 Å². The van der Waals surface area contributed by atoms with Crippen LogP contribution in [0.5, 0.6) is 0 Å². The van der Waals surface area contributed by atoms with Gasteiger partial charge in [-0.25, -0.2) is 9.78 Å². The number of rotatable bonds is 10. The molecule has 1 aliphatic heterocycles. The second-order valence-electron chi connectivity index (χ2n) is 10.6. The Bertz CT molecular complexity index is 1430. The van der Waals surface area contributed by atoms with Crippen molar-refractivity contribution in [3.05, 3.63) is 132 Å². The standard InChI is InChI=1S/C34H34N4O4/c1-23(2)30(33(41)42-3)37-31(39)28-20-19-27(21-35-28)36-32(40)29-22-38(29)34(24-13-7-4-8-14-24,25-15-9-5-10-16-25)26-17-11-6-12-18-26/h4-21,23,29-30H,22H2,1-3H3,(H,36,40)(H,37,39)/t29?,30-,38?/m0/s1. The van der Waals surface area contributed by atoms with Crippen LogP contribution in [0.2, 0.25) is 0 Å². The maximum absolute atomic E-state index is 13.6. The van der Waals surface area contributed by atoms with Crippen molar-refractivity contribution >= 4 is 23.5 Å². The molecule has 42 heavy (non-hydrogen) atoms. The van der Waals surface area contributed by atoms with Gasteiger partial charge in [0, 0.05) is 6.54 Å². The molecular weight excluding hydrogens is 528 g/mol. The third-order valence-corrected chi connectivity index (χ3v) is 7.59. The molecule has 0 radical (unpaired) electrons. The minimum Gasteiger partial charge on any atom is -0.467 e. The summed E-state index contributed by atoms with van der Waals surface area (Å²) in [4.78, 5) is 44.7. The monoisotopic (exact) mass is 562 g/mol. The predicted molar refractivity (Wildman–Crippen MR) is 161 cm³/mol. The van der Waals surface area contributed by atoms with E-state index >= 15 is 0 Å². The third-order valence-electron chi connectivity index (χ3n) is 7.59. The Labute approximate surface area is 245 Å². The zero-order valence-corrected chi connectivity index (χ0v) is 23.9. The van der Waals surface area contributed by atoms with E-state index in [-0.39, 0.29) is 23.6 Å². The number of anilines is 1. The third kappa shape index (κ3) is 5.66. The van der Waals surface area contributed by atoms with Crippen molar-refractivity contribution in [1.82, 2.24) is 15.2 Å². The van der Waals surface area contributed by atoms with Gasteiger partial charge in [-0.2, -0.15) is 0 Å². The van der Waals surface area contributed by atoms with Crippen LogP contribution in [-0.4, -0.2) is 53.4 Å². The molecule has 1 saturated heterocycles. The van der Waals surface area contributed by atoms with Crippen molar-refractivity contribution < 1.29 is 19.1 Å². The Kier molecular flexibility index (Phi) is 8.45. The number of carbonyl (C=O) groups excluding carboxylic acids is 3. The number of hydrogen-bond donors (Lipinski definition) is 2. The van der Waals surface area contributed by atoms with Crippen molar-refractivity contribution in [3.63, 3.8) is 0 Å². The Morgan fingerprint density at radius 1 is 0.833 bits per heavy atom. The van der Waals surface area contributed by atoms with Gasteiger partial charge in [0.25, 0.3) is 5.91 Å². The molecule has 0 spiro atoms. The second-order valence-corrected chi connectivity index (χ2v) is 10.6. The summed E-state index contributed by atoms with van der Waals surface area (Å²) in [6.07, 6.45) is 1.45. The van der Waals surface area contributed by atoms with Gasteiger partial charge in [0.05, 0.1) is 24.5 Å². The molecule has 3 atom stereocenters. The smallest absolute Gasteiger partial charge is 0.328 e. The van der Waals surface area contributed by atoms with Crippen LogP contribution in [-0.2, 0) is 19.9 Å². The molecule has 5 rings (SSSR count). The fourth-order valence-electron chi connectivity index (χ4n) is 5.44. The number of pyridine rings is 1. The molecule has 1 aliphatic rings. The van der Waals surface area contributed by atoms with Crippen LogP contribution >= 0.6 is 0 Å². The zero-order valence-electron chi connectivity index (χ0n) is 23.9. The van der Waals surface area contributed by atoms with E-state index in [0.717, 1.165) is 16.7 Å². The van der Waals surface area contributed by atoms with Crippen LogP contribution in [0.25, 0.3) is 0 Å². The van der Waals surface area contributed by atoms with Crippen molar-refractivity contribution in [2.75, 3.05) is 19.0 Å². The average molecular weight is 563 g/mol. The number of hydrogen-bond acceptors (Lipinski definition) is 6. The Balaban J connectivity index is 1.37. The van der Waals surface area contributed by atoms with Crippen molar-refractivity contribution in [2.24, 2.45) is 5.92 Å². The first kappa shape index (κ1) is 28.7. The van der Waals surface area contributed by atoms with Gasteiger partial charge in [-0.15, -0.1) is 0 Å². The molecule has 2 unspecified atom stereocenters. The molecule has 3 aromatic carbocycles. The largest absolute Gasteiger partial charge is 0.467 e. The number of carbonyl (C=O) groups is 3. The fourth-order valence-corrected chi connectivity index (χ4v) is 5.44. The van der Waals surface area contributed by atoms with E-state index < -0.39 is 23.5 Å². The highest BCUT2D eigenvalue weighted by molar-refractivity contribution is 5.98. The van der Waals surface area contributed by atoms with Crippen LogP contribution in [0.4, 0.5) is 5.69 Å². The van der Waals surface area contributed by atoms with Crippen LogP contribution in [0, 0.1) is 5.92 Å². The maximum Gasteiger partial charge on any atom is 0.328 e. The summed E-state index contributed by atoms with van der Waals surface area (Å²) in [5.74, 6) is -1.33. The van der Waals surface area contributed by atoms with E-state index in [1.807, 2.05) is 68.4 Å². The second kappa shape index (κ2) is 12.4. The lowest BCUT2D eigenvalue weighted by molar-refractivity contribution is -0.144. The van der Waals surface area contributed by atoms with Crippen LogP contribution < -0.4 is 10.6 Å². The minimum atomic E-state index is -0.788. The molecule has 0 bridgehead atoms. The van der Waals surface area contributed by atoms with E-state index in [9.17, 15) is 14.4 Å². The summed E-state index contributed by atoms with van der Waals surface area (Å²) in [7, 11) is 1.28. The molecule has 0 aliphatic carbocycles. The quantitative estimate of drug-likeness (QED) is 0.166. The lowest BCUT2D eigenvalue weighted by Gasteiger charge is -2.38. The number of nitrogens with zero attached hydrogens (tertiary/aromatic N) is 2. The molecule has 214 valence electrons. The first-order chi connectivity index (χ1) is 20.4. The van der Waals surface area contributed by atoms with E-state index in [0.29, 0.717) is 12.2 Å². The van der Waals surface area contributed by atoms with Gasteiger partial charge in [-0.1, -0.05) is 105 Å². The Morgan fingerprint density at radius 2 is 1.36 bits per heavy atom. The molecule has 2 heterocycles. The number of benzene rings is 3. The van der Waals surface area contributed by atoms with E-state index in [1.54, 1.807) is 6.07 Å². The van der Waals surface area contributed by atoms with Gasteiger partial charge in [0.1, 0.15) is 17.8 Å². The van der Waals surface area contributed by atoms with Gasteiger partial charge < -0.3 is 15.4 Å². The number of methoxy groups -OCH3 is 1. The molecule has 4 aromatic rings. The van der Waals surface area contributed by atoms with E-state index in [2.05, 4.69) is 56.9 Å². The predicted octanol–water partition coefficient (Wildman–Crippen LogP) is 4.62. The number of esters is 1. The molecule has 8 heteroatoms. The highest BCUT2D eigenvalue weighted by Crippen LogP contribution is 2.48. The molecule has 2 amide bonds. The van der Waals surface area contributed by atoms with Gasteiger partial charge in [-0.3, -0.25) is 14.5 Å². The highest BCUT2D eigenvalue weighted by Gasteiger charge is 2.55. The summed E-state index contributed by atoms with van der Waals surface area (Å²) in [5, 5.41) is 5.63. The first-order valence-corrected chi connectivity index (χ1v) is 13.9. The maximum atomic E-state index is 13.6. The number of ether oxygens (including phenoxy) is 1. The van der Waals surface area contributed by atoms with E-state index in [4.69, 9.17) is 4.74 Å². The number of amides is 2. The van der Waals surface area contributed by atoms with Crippen molar-refractivity contribution in [1.29, 1.82) is 0 Å². The van der Waals surface area contributed by atoms with Gasteiger partial charge in [-0.05, 0) is 34.7 Å². The molecular formula is C34H34N4O4. The normalized spacial score (nSPS) is 16.8. The van der Waals surface area contributed by atoms with Crippen LogP contribution in [0.1, 0.15) is 41.0 Å². The Hall–Kier alpha value is -4.82.